The summed E-state index contributed by atoms with van der Waals surface area (Å²) < 4.78 is 0. The van der Waals surface area contributed by atoms with Gasteiger partial charge in [-0.05, 0) is 31.5 Å². The first-order chi connectivity index (χ1) is 7.06. The van der Waals surface area contributed by atoms with Crippen LogP contribution in [0.3, 0.4) is 0 Å². The number of rotatable bonds is 2. The van der Waals surface area contributed by atoms with Gasteiger partial charge in [0.05, 0.1) is 11.5 Å². The Labute approximate surface area is 87.8 Å². The maximum Gasteiger partial charge on any atom is 0.275 e. The summed E-state index contributed by atoms with van der Waals surface area (Å²) in [6.45, 7) is 9.99. The highest BCUT2D eigenvalue weighted by atomic mass is 16.6. The third-order valence-electron chi connectivity index (χ3n) is 2.04. The monoisotopic (exact) mass is 202 g/mol. The third-order valence-corrected chi connectivity index (χ3v) is 2.04. The van der Waals surface area contributed by atoms with Crippen LogP contribution in [0, 0.1) is 30.5 Å². The van der Waals surface area contributed by atoms with Crippen molar-refractivity contribution in [2.75, 3.05) is 0 Å². The Morgan fingerprint density at radius 3 is 2.33 bits per heavy atom. The molecule has 1 aromatic carbocycles. The fraction of sp³-hybridized carbons (Fsp3) is 0.182. The van der Waals surface area contributed by atoms with E-state index in [1.807, 2.05) is 0 Å². The molecule has 0 heterocycles. The van der Waals surface area contributed by atoms with Gasteiger partial charge in [-0.3, -0.25) is 10.1 Å². The molecule has 0 bridgehead atoms. The predicted molar refractivity (Wildman–Crippen MR) is 58.2 cm³/mol. The van der Waals surface area contributed by atoms with Crippen LogP contribution in [0.1, 0.15) is 16.7 Å². The van der Waals surface area contributed by atoms with E-state index in [-0.39, 0.29) is 10.6 Å². The number of nitrogens with zero attached hydrogens (tertiary/aromatic N) is 2. The highest BCUT2D eigenvalue weighted by Gasteiger charge is 2.14. The molecular weight excluding hydrogens is 192 g/mol. The number of hydrogen-bond acceptors (Lipinski definition) is 2. The van der Waals surface area contributed by atoms with Crippen LogP contribution < -0.4 is 0 Å². The Morgan fingerprint density at radius 1 is 1.40 bits per heavy atom. The molecule has 0 unspecified atom stereocenters. The van der Waals surface area contributed by atoms with Gasteiger partial charge in [-0.15, -0.1) is 0 Å². The molecule has 15 heavy (non-hydrogen) atoms. The summed E-state index contributed by atoms with van der Waals surface area (Å²) in [6, 6.07) is 3.40. The molecule has 0 fully saturated rings. The molecule has 0 saturated heterocycles. The summed E-state index contributed by atoms with van der Waals surface area (Å²) >= 11 is 0. The van der Waals surface area contributed by atoms with Crippen molar-refractivity contribution in [3.05, 3.63) is 56.6 Å². The molecule has 0 amide bonds. The molecule has 0 spiro atoms. The van der Waals surface area contributed by atoms with Crippen LogP contribution in [0.2, 0.25) is 0 Å². The molecule has 0 atom stereocenters. The summed E-state index contributed by atoms with van der Waals surface area (Å²) in [6.07, 6.45) is 2.97. The Bertz CT molecular complexity index is 447. The fourth-order valence-electron chi connectivity index (χ4n) is 1.50. The summed E-state index contributed by atoms with van der Waals surface area (Å²) in [4.78, 5) is 13.4. The van der Waals surface area contributed by atoms with Crippen molar-refractivity contribution in [3.63, 3.8) is 0 Å². The lowest BCUT2D eigenvalue weighted by Crippen LogP contribution is -1.95. The minimum Gasteiger partial charge on any atom is -0.258 e. The molecule has 0 N–H and O–H groups in total. The molecule has 0 saturated carbocycles. The van der Waals surface area contributed by atoms with Crippen molar-refractivity contribution in [1.82, 2.24) is 0 Å². The second-order valence-electron chi connectivity index (χ2n) is 3.21. The first kappa shape index (κ1) is 10.9. The first-order valence-corrected chi connectivity index (χ1v) is 4.35. The Balaban J connectivity index is 3.27. The molecule has 0 aliphatic rings. The summed E-state index contributed by atoms with van der Waals surface area (Å²) in [5.41, 5.74) is 2.19. The van der Waals surface area contributed by atoms with Crippen LogP contribution in [-0.2, 0) is 0 Å². The molecule has 4 nitrogen and oxygen atoms in total. The molecule has 1 rings (SSSR count). The van der Waals surface area contributed by atoms with Crippen LogP contribution in [0.4, 0.5) is 5.69 Å². The van der Waals surface area contributed by atoms with E-state index < -0.39 is 0 Å². The maximum absolute atomic E-state index is 10.7. The fourth-order valence-corrected chi connectivity index (χ4v) is 1.50. The number of nitro groups is 1. The molecule has 76 valence electrons. The Morgan fingerprint density at radius 2 is 1.93 bits per heavy atom. The average molecular weight is 202 g/mol. The lowest BCUT2D eigenvalue weighted by Gasteiger charge is -2.02. The number of benzene rings is 1. The van der Waals surface area contributed by atoms with Crippen molar-refractivity contribution in [3.8, 4) is 0 Å². The van der Waals surface area contributed by atoms with Gasteiger partial charge in [-0.1, -0.05) is 6.08 Å². The van der Waals surface area contributed by atoms with Gasteiger partial charge in [0, 0.05) is 11.1 Å². The Kier molecular flexibility index (Phi) is 3.19. The van der Waals surface area contributed by atoms with E-state index in [1.54, 1.807) is 32.1 Å². The van der Waals surface area contributed by atoms with Crippen molar-refractivity contribution in [2.24, 2.45) is 0 Å². The second kappa shape index (κ2) is 4.38. The van der Waals surface area contributed by atoms with E-state index in [9.17, 15) is 10.1 Å². The molecule has 0 aliphatic heterocycles. The van der Waals surface area contributed by atoms with Crippen LogP contribution in [-0.4, -0.2) is 4.92 Å². The average Bonchev–Trinajstić information content (AvgIpc) is 2.12. The van der Waals surface area contributed by atoms with Crippen LogP contribution in [0.25, 0.3) is 10.9 Å². The number of hydrogen-bond donors (Lipinski definition) is 0. The van der Waals surface area contributed by atoms with Crippen molar-refractivity contribution >= 4 is 11.8 Å². The lowest BCUT2D eigenvalue weighted by molar-refractivity contribution is -0.386. The maximum atomic E-state index is 10.7. The Hall–Kier alpha value is -2.15. The van der Waals surface area contributed by atoms with Gasteiger partial charge in [0.2, 0.25) is 0 Å². The van der Waals surface area contributed by atoms with Crippen molar-refractivity contribution in [2.45, 2.75) is 13.8 Å². The van der Waals surface area contributed by atoms with E-state index in [0.29, 0.717) is 11.1 Å². The van der Waals surface area contributed by atoms with Crippen LogP contribution in [0.5, 0.6) is 0 Å². The van der Waals surface area contributed by atoms with Gasteiger partial charge < -0.3 is 0 Å². The second-order valence-corrected chi connectivity index (χ2v) is 3.21. The van der Waals surface area contributed by atoms with Gasteiger partial charge in [0.15, 0.2) is 6.20 Å². The highest BCUT2D eigenvalue weighted by molar-refractivity contribution is 5.59. The minimum absolute atomic E-state index is 0.148. The zero-order valence-corrected chi connectivity index (χ0v) is 8.52. The molecule has 4 heteroatoms. The number of aryl methyl sites for hydroxylation is 2. The number of nitro benzene ring substituents is 1. The zero-order valence-electron chi connectivity index (χ0n) is 8.52. The van der Waals surface area contributed by atoms with Gasteiger partial charge in [-0.2, -0.15) is 0 Å². The summed E-state index contributed by atoms with van der Waals surface area (Å²) in [7, 11) is 0. The highest BCUT2D eigenvalue weighted by Crippen LogP contribution is 2.24. The predicted octanol–water partition coefficient (Wildman–Crippen LogP) is 3.10. The topological polar surface area (TPSA) is 47.5 Å². The summed E-state index contributed by atoms with van der Waals surface area (Å²) in [5.74, 6) is 0. The van der Waals surface area contributed by atoms with Gasteiger partial charge in [0.25, 0.3) is 5.69 Å². The SMILES string of the molecule is [C-]#[N+]/C=C/c1cc(C)c([N+](=O)[O-])c(C)c1. The van der Waals surface area contributed by atoms with Gasteiger partial charge in [-0.25, -0.2) is 4.85 Å². The minimum atomic E-state index is -0.382. The van der Waals surface area contributed by atoms with Crippen LogP contribution >= 0.6 is 0 Å². The van der Waals surface area contributed by atoms with E-state index in [2.05, 4.69) is 4.85 Å². The van der Waals surface area contributed by atoms with Gasteiger partial charge in [0.1, 0.15) is 0 Å². The standard InChI is InChI=1S/C11H10N2O2/c1-8-6-10(4-5-12-3)7-9(2)11(8)13(14)15/h4-7H,1-2H3/b5-4+. The van der Waals surface area contributed by atoms with E-state index in [4.69, 9.17) is 6.57 Å². The first-order valence-electron chi connectivity index (χ1n) is 4.35. The van der Waals surface area contributed by atoms with Crippen molar-refractivity contribution < 1.29 is 4.92 Å². The quantitative estimate of drug-likeness (QED) is 0.420. The van der Waals surface area contributed by atoms with Crippen molar-refractivity contribution in [1.29, 1.82) is 0 Å². The molecule has 0 aromatic heterocycles. The summed E-state index contributed by atoms with van der Waals surface area (Å²) in [5, 5.41) is 10.7. The van der Waals surface area contributed by atoms with Crippen LogP contribution in [0.15, 0.2) is 18.3 Å². The van der Waals surface area contributed by atoms with E-state index in [0.717, 1.165) is 5.56 Å². The third kappa shape index (κ3) is 2.41. The molecular formula is C11H10N2O2. The zero-order chi connectivity index (χ0) is 11.4. The molecule has 0 aliphatic carbocycles. The van der Waals surface area contributed by atoms with E-state index in [1.165, 1.54) is 6.20 Å². The van der Waals surface area contributed by atoms with E-state index >= 15 is 0 Å². The van der Waals surface area contributed by atoms with Gasteiger partial charge >= 0.3 is 0 Å². The smallest absolute Gasteiger partial charge is 0.258 e. The normalized spacial score (nSPS) is 10.2. The molecule has 0 radical (unpaired) electrons. The largest absolute Gasteiger partial charge is 0.275 e. The lowest BCUT2D eigenvalue weighted by atomic mass is 10.0. The molecule has 1 aromatic rings.